The second-order valence-electron chi connectivity index (χ2n) is 23.8. The molecule has 24 nitrogen and oxygen atoms in total. The maximum atomic E-state index is 12.8. The van der Waals surface area contributed by atoms with Gasteiger partial charge in [-0.15, -0.1) is 0 Å². The minimum Gasteiger partial charge on any atom is -0.394 e. The van der Waals surface area contributed by atoms with Gasteiger partial charge in [0.25, 0.3) is 0 Å². The van der Waals surface area contributed by atoms with Crippen LogP contribution in [0.1, 0.15) is 73.6 Å². The highest BCUT2D eigenvalue weighted by molar-refractivity contribution is 5.30. The van der Waals surface area contributed by atoms with Crippen LogP contribution in [0.25, 0.3) is 0 Å². The summed E-state index contributed by atoms with van der Waals surface area (Å²) in [6.07, 6.45) is -31.2. The van der Waals surface area contributed by atoms with Gasteiger partial charge in [0, 0.05) is 35.0 Å². The molecule has 24 heteroatoms. The maximum absolute atomic E-state index is 12.8. The van der Waals surface area contributed by atoms with Crippen molar-refractivity contribution in [3.63, 3.8) is 0 Å². The number of rotatable bonds is 9. The number of hydrogen-bond acceptors (Lipinski definition) is 24. The first-order valence-electron chi connectivity index (χ1n) is 26.6. The van der Waals surface area contributed by atoms with E-state index >= 15 is 0 Å². The van der Waals surface area contributed by atoms with Gasteiger partial charge in [0.1, 0.15) is 85.5 Å². The van der Waals surface area contributed by atoms with Crippen molar-refractivity contribution in [2.45, 2.75) is 233 Å². The number of aliphatic hydroxyl groups excluding tert-OH is 14. The van der Waals surface area contributed by atoms with E-state index in [2.05, 4.69) is 13.0 Å². The third-order valence-electron chi connectivity index (χ3n) is 19.7. The van der Waals surface area contributed by atoms with Crippen LogP contribution in [-0.2, 0) is 47.4 Å². The molecular formula is C50H80O24. The quantitative estimate of drug-likeness (QED) is 0.0970. The summed E-state index contributed by atoms with van der Waals surface area (Å²) < 4.78 is 62.6. The van der Waals surface area contributed by atoms with Crippen LogP contribution in [-0.4, -0.2) is 250 Å². The van der Waals surface area contributed by atoms with Crippen molar-refractivity contribution < 1.29 is 119 Å². The van der Waals surface area contributed by atoms with Crippen LogP contribution in [0.4, 0.5) is 0 Å². The fraction of sp³-hybridized carbons (Fsp3) is 0.960. The van der Waals surface area contributed by atoms with Crippen molar-refractivity contribution >= 4 is 0 Å². The van der Waals surface area contributed by atoms with Gasteiger partial charge < -0.3 is 119 Å². The Bertz CT molecular complexity index is 2010. The van der Waals surface area contributed by atoms with Crippen LogP contribution in [0.5, 0.6) is 0 Å². The Morgan fingerprint density at radius 1 is 0.608 bits per heavy atom. The average molecular weight is 1070 g/mol. The molecule has 0 unspecified atom stereocenters. The first-order valence-corrected chi connectivity index (χ1v) is 26.6. The Kier molecular flexibility index (Phi) is 15.7. The molecule has 0 aromatic carbocycles. The predicted molar refractivity (Wildman–Crippen MR) is 245 cm³/mol. The normalized spacial score (nSPS) is 59.6. The van der Waals surface area contributed by atoms with Gasteiger partial charge in [-0.3, -0.25) is 0 Å². The van der Waals surface area contributed by atoms with E-state index in [1.54, 1.807) is 6.92 Å². The van der Waals surface area contributed by atoms with E-state index in [-0.39, 0.29) is 43.1 Å². The van der Waals surface area contributed by atoms with Crippen molar-refractivity contribution in [3.8, 4) is 0 Å². The lowest BCUT2D eigenvalue weighted by molar-refractivity contribution is -0.393. The van der Waals surface area contributed by atoms with E-state index in [0.29, 0.717) is 19.3 Å². The van der Waals surface area contributed by atoms with E-state index in [4.69, 9.17) is 47.4 Å². The molecule has 74 heavy (non-hydrogen) atoms. The minimum absolute atomic E-state index is 0.0464. The number of fused-ring (bicyclic) bond motifs is 7. The molecule has 1 spiro atoms. The molecule has 0 radical (unpaired) electrons. The van der Waals surface area contributed by atoms with Gasteiger partial charge in [-0.1, -0.05) is 39.3 Å². The third kappa shape index (κ3) is 8.81. The summed E-state index contributed by atoms with van der Waals surface area (Å²) in [4.78, 5) is 0. The number of allylic oxidation sites excluding steroid dienone is 1. The van der Waals surface area contributed by atoms with Crippen LogP contribution in [0.2, 0.25) is 0 Å². The van der Waals surface area contributed by atoms with Crippen molar-refractivity contribution in [1.82, 2.24) is 0 Å². The number of aliphatic hydroxyl groups is 14. The van der Waals surface area contributed by atoms with Crippen LogP contribution in [0, 0.1) is 46.3 Å². The summed E-state index contributed by atoms with van der Waals surface area (Å²) in [7, 11) is 0. The molecular weight excluding hydrogens is 985 g/mol. The Balaban J connectivity index is 0.927. The van der Waals surface area contributed by atoms with E-state index in [1.165, 1.54) is 6.92 Å². The van der Waals surface area contributed by atoms with Gasteiger partial charge in [0.05, 0.1) is 62.5 Å². The summed E-state index contributed by atoms with van der Waals surface area (Å²) in [5.74, 6) is -3.28. The van der Waals surface area contributed by atoms with Gasteiger partial charge >= 0.3 is 0 Å². The topological polar surface area (TPSA) is 376 Å². The highest BCUT2D eigenvalue weighted by Gasteiger charge is 2.74. The first kappa shape index (κ1) is 56.1. The Hall–Kier alpha value is -1.22. The largest absolute Gasteiger partial charge is 0.394 e. The Morgan fingerprint density at radius 3 is 1.85 bits per heavy atom. The predicted octanol–water partition coefficient (Wildman–Crippen LogP) is -4.41. The summed E-state index contributed by atoms with van der Waals surface area (Å²) >= 11 is 0. The number of hydrogen-bond donors (Lipinski definition) is 14. The van der Waals surface area contributed by atoms with Gasteiger partial charge in [0.15, 0.2) is 30.9 Å². The zero-order valence-corrected chi connectivity index (χ0v) is 42.5. The highest BCUT2D eigenvalue weighted by Crippen LogP contribution is 2.71. The molecule has 4 aliphatic carbocycles. The van der Waals surface area contributed by atoms with Gasteiger partial charge in [-0.05, 0) is 57.3 Å². The van der Waals surface area contributed by atoms with E-state index in [1.807, 2.05) is 20.8 Å². The monoisotopic (exact) mass is 1060 g/mol. The molecule has 9 fully saturated rings. The van der Waals surface area contributed by atoms with Crippen LogP contribution in [0.3, 0.4) is 0 Å². The molecule has 424 valence electrons. The molecule has 0 amide bonds. The standard InChI is InChI=1S/C50H80O24/c1-16-14-66-50(43(64)40(16)71-45-38(62)35(59)31(55)18(3)67-45)17(2)30-26(74-50)11-23-22-8-7-20-9-21(52)10-29(48(20,5)24(22)12-28(54)49(23,30)6)70-47-42(73-46-39(63)36(60)32(56)19(4)68-46)41(34(58)27(13-51)69-47)72-44-37(61)33(57)25(53)15-65-44/h7,16-19,21-47,51-64H,8-15H2,1-6H3/t16-,17+,18-,19+,21-,22+,23+,24+,25-,26+,27-,28-,29-,30+,31+,32+,33+,34-,35+,36-,37-,38-,39-,40+,41+,42-,43+,44+,45+,46+,47+,48+,49-,50+/m1/s1. The molecule has 10 rings (SSSR count). The van der Waals surface area contributed by atoms with Crippen LogP contribution < -0.4 is 0 Å². The van der Waals surface area contributed by atoms with Crippen LogP contribution in [0.15, 0.2) is 11.6 Å². The van der Waals surface area contributed by atoms with Gasteiger partial charge in [0.2, 0.25) is 0 Å². The second kappa shape index (κ2) is 20.7. The highest BCUT2D eigenvalue weighted by atomic mass is 16.8. The summed E-state index contributed by atoms with van der Waals surface area (Å²) in [5.41, 5.74) is -0.807. The molecule has 14 N–H and O–H groups in total. The molecule has 34 atom stereocenters. The van der Waals surface area contributed by atoms with Crippen molar-refractivity contribution in [2.24, 2.45) is 46.3 Å². The molecule has 0 aromatic rings. The minimum atomic E-state index is -1.86. The summed E-state index contributed by atoms with van der Waals surface area (Å²) in [6, 6.07) is 0. The van der Waals surface area contributed by atoms with Gasteiger partial charge in [-0.2, -0.15) is 0 Å². The molecule has 0 bridgehead atoms. The van der Waals surface area contributed by atoms with Crippen molar-refractivity contribution in [3.05, 3.63) is 11.6 Å². The van der Waals surface area contributed by atoms with Crippen LogP contribution >= 0.6 is 0 Å². The summed E-state index contributed by atoms with van der Waals surface area (Å²) in [6.45, 7) is 9.69. The molecule has 10 aliphatic rings. The molecule has 0 aromatic heterocycles. The first-order chi connectivity index (χ1) is 34.9. The molecule has 6 saturated heterocycles. The lowest BCUT2D eigenvalue weighted by Crippen LogP contribution is -2.67. The van der Waals surface area contributed by atoms with E-state index < -0.39 is 195 Å². The lowest BCUT2D eigenvalue weighted by Gasteiger charge is -2.62. The molecule has 6 heterocycles. The fourth-order valence-electron chi connectivity index (χ4n) is 15.4. The fourth-order valence-corrected chi connectivity index (χ4v) is 15.4. The Labute approximate surface area is 428 Å². The number of ether oxygens (including phenoxy) is 10. The van der Waals surface area contributed by atoms with Crippen molar-refractivity contribution in [2.75, 3.05) is 19.8 Å². The zero-order valence-electron chi connectivity index (χ0n) is 42.5. The SMILES string of the molecule is C[C@@H]1CO[C@@]2(O[C@H]3C[C@H]4[C@@H]5CC=C6C[C@@H](O)C[C@@H](O[C@@H]7O[C@H](CO)[C@@H](O)[C@H](O[C@@H]8OC[C@@H](O)[C@H](O)[C@H]8O)[C@H]7O[C@@H]7O[C@@H](C)[C@H](O)[C@@H](O)[C@H]7O)[C@]6(C)[C@H]5C[C@@H](O)[C@]4(C)[C@H]3[C@@H]2C)[C@@H](O)[C@H]1O[C@@H]1O[C@H](C)[C@H](O)[C@H](O)[C@H]1O. The molecule has 6 aliphatic heterocycles. The smallest absolute Gasteiger partial charge is 0.200 e. The maximum Gasteiger partial charge on any atom is 0.200 e. The summed E-state index contributed by atoms with van der Waals surface area (Å²) in [5, 5.41) is 155. The lowest BCUT2D eigenvalue weighted by atomic mass is 9.45. The van der Waals surface area contributed by atoms with E-state index in [0.717, 1.165) is 5.57 Å². The van der Waals surface area contributed by atoms with Crippen molar-refractivity contribution in [1.29, 1.82) is 0 Å². The third-order valence-corrected chi connectivity index (χ3v) is 19.7. The van der Waals surface area contributed by atoms with E-state index in [9.17, 15) is 71.5 Å². The molecule has 3 saturated carbocycles. The zero-order chi connectivity index (χ0) is 53.4. The van der Waals surface area contributed by atoms with Gasteiger partial charge in [-0.25, -0.2) is 0 Å². The second-order valence-corrected chi connectivity index (χ2v) is 23.8. The Morgan fingerprint density at radius 2 is 1.22 bits per heavy atom. The average Bonchev–Trinajstić information content (AvgIpc) is 3.83.